The summed E-state index contributed by atoms with van der Waals surface area (Å²) in [6, 6.07) is 18.4. The van der Waals surface area contributed by atoms with Crippen LogP contribution in [0.5, 0.6) is 17.2 Å². The summed E-state index contributed by atoms with van der Waals surface area (Å²) >= 11 is 1.84. The van der Waals surface area contributed by atoms with Crippen molar-refractivity contribution in [3.05, 3.63) is 76.9 Å². The van der Waals surface area contributed by atoms with E-state index in [1.807, 2.05) is 36.9 Å². The van der Waals surface area contributed by atoms with Gasteiger partial charge in [0.25, 0.3) is 0 Å². The third-order valence-corrected chi connectivity index (χ3v) is 6.54. The normalized spacial score (nSPS) is 10.8. The van der Waals surface area contributed by atoms with Gasteiger partial charge in [-0.25, -0.2) is 0 Å². The molecule has 1 N–H and O–H groups in total. The molecular weight excluding hydrogens is 472 g/mol. The molecule has 0 aliphatic rings. The second-order valence-electron chi connectivity index (χ2n) is 8.89. The van der Waals surface area contributed by atoms with Crippen molar-refractivity contribution in [3.8, 4) is 28.4 Å². The molecule has 6 heteroatoms. The standard InChI is InChI=1S/C30H36O5S/c1-21-11-12-26(19-28(21)34-13-6-10-29(31)32)35-20-24-8-5-9-25(18-24)30-22(2)16-27(17-23(30)3)33-14-7-15-36-4/h5,8-9,11-12,16-19H,6-7,10,13-15,20H2,1-4H3,(H,31,32). The van der Waals surface area contributed by atoms with Crippen molar-refractivity contribution < 1.29 is 24.1 Å². The van der Waals surface area contributed by atoms with E-state index < -0.39 is 5.97 Å². The SMILES string of the molecule is CSCCCOc1cc(C)c(-c2cccc(COc3ccc(C)c(OCCCC(=O)O)c3)c2)c(C)c1. The number of aryl methyl sites for hydroxylation is 3. The lowest BCUT2D eigenvalue weighted by Gasteiger charge is -2.15. The number of thioether (sulfide) groups is 1. The topological polar surface area (TPSA) is 65.0 Å². The van der Waals surface area contributed by atoms with Crippen LogP contribution in [0.1, 0.15) is 41.5 Å². The Kier molecular flexibility index (Phi) is 10.6. The number of aliphatic carboxylic acids is 1. The summed E-state index contributed by atoms with van der Waals surface area (Å²) in [6.45, 7) is 7.75. The summed E-state index contributed by atoms with van der Waals surface area (Å²) in [7, 11) is 0. The molecule has 0 saturated heterocycles. The van der Waals surface area contributed by atoms with Gasteiger partial charge in [-0.15, -0.1) is 0 Å². The van der Waals surface area contributed by atoms with Crippen LogP contribution in [0.4, 0.5) is 0 Å². The zero-order valence-corrected chi connectivity index (χ0v) is 22.5. The summed E-state index contributed by atoms with van der Waals surface area (Å²) in [6.07, 6.45) is 3.72. The number of carboxylic acid groups (broad SMARTS) is 1. The molecule has 0 radical (unpaired) electrons. The van der Waals surface area contributed by atoms with Crippen molar-refractivity contribution in [2.24, 2.45) is 0 Å². The summed E-state index contributed by atoms with van der Waals surface area (Å²) in [5.41, 5.74) is 6.83. The molecule has 0 bridgehead atoms. The van der Waals surface area contributed by atoms with E-state index in [2.05, 4.69) is 56.5 Å². The molecule has 0 amide bonds. The van der Waals surface area contributed by atoms with Gasteiger partial charge in [-0.2, -0.15) is 11.8 Å². The van der Waals surface area contributed by atoms with E-state index in [9.17, 15) is 4.79 Å². The minimum absolute atomic E-state index is 0.0957. The van der Waals surface area contributed by atoms with Crippen LogP contribution in [0, 0.1) is 20.8 Å². The van der Waals surface area contributed by atoms with E-state index in [1.165, 1.54) is 16.7 Å². The van der Waals surface area contributed by atoms with Crippen molar-refractivity contribution >= 4 is 17.7 Å². The van der Waals surface area contributed by atoms with Gasteiger partial charge < -0.3 is 19.3 Å². The molecule has 0 spiro atoms. The monoisotopic (exact) mass is 508 g/mol. The largest absolute Gasteiger partial charge is 0.494 e. The van der Waals surface area contributed by atoms with Crippen LogP contribution in [-0.2, 0) is 11.4 Å². The molecule has 192 valence electrons. The van der Waals surface area contributed by atoms with Gasteiger partial charge in [0.2, 0.25) is 0 Å². The first-order valence-corrected chi connectivity index (χ1v) is 13.7. The molecule has 0 unspecified atom stereocenters. The quantitative estimate of drug-likeness (QED) is 0.232. The minimum Gasteiger partial charge on any atom is -0.494 e. The van der Waals surface area contributed by atoms with E-state index in [0.717, 1.165) is 47.0 Å². The highest BCUT2D eigenvalue weighted by Gasteiger charge is 2.10. The van der Waals surface area contributed by atoms with Gasteiger partial charge in [0.05, 0.1) is 13.2 Å². The first-order chi connectivity index (χ1) is 17.4. The maximum atomic E-state index is 10.7. The first kappa shape index (κ1) is 27.5. The fourth-order valence-electron chi connectivity index (χ4n) is 4.07. The van der Waals surface area contributed by atoms with Crippen molar-refractivity contribution in [1.29, 1.82) is 0 Å². The molecule has 0 aliphatic heterocycles. The lowest BCUT2D eigenvalue weighted by atomic mass is 9.94. The van der Waals surface area contributed by atoms with Gasteiger partial charge in [0, 0.05) is 12.5 Å². The maximum Gasteiger partial charge on any atom is 0.303 e. The van der Waals surface area contributed by atoms with Crippen molar-refractivity contribution in [2.75, 3.05) is 25.2 Å². The summed E-state index contributed by atoms with van der Waals surface area (Å²) in [5.74, 6) is 2.65. The molecule has 0 atom stereocenters. The molecule has 36 heavy (non-hydrogen) atoms. The van der Waals surface area contributed by atoms with Crippen LogP contribution in [0.15, 0.2) is 54.6 Å². The van der Waals surface area contributed by atoms with Crippen LogP contribution >= 0.6 is 11.8 Å². The van der Waals surface area contributed by atoms with Gasteiger partial charge in [0.1, 0.15) is 23.9 Å². The van der Waals surface area contributed by atoms with Crippen LogP contribution in [-0.4, -0.2) is 36.3 Å². The zero-order chi connectivity index (χ0) is 25.9. The average molecular weight is 509 g/mol. The predicted octanol–water partition coefficient (Wildman–Crippen LogP) is 7.23. The predicted molar refractivity (Wildman–Crippen MR) is 148 cm³/mol. The Balaban J connectivity index is 1.65. The zero-order valence-electron chi connectivity index (χ0n) is 21.6. The van der Waals surface area contributed by atoms with E-state index in [-0.39, 0.29) is 6.42 Å². The lowest BCUT2D eigenvalue weighted by molar-refractivity contribution is -0.137. The Bertz CT molecular complexity index is 1130. The molecule has 0 heterocycles. The smallest absolute Gasteiger partial charge is 0.303 e. The van der Waals surface area contributed by atoms with Crippen molar-refractivity contribution in [2.45, 2.75) is 46.6 Å². The lowest BCUT2D eigenvalue weighted by Crippen LogP contribution is -2.03. The number of benzene rings is 3. The molecular formula is C30H36O5S. The summed E-state index contributed by atoms with van der Waals surface area (Å²) in [5, 5.41) is 8.79. The van der Waals surface area contributed by atoms with Crippen LogP contribution in [0.2, 0.25) is 0 Å². The summed E-state index contributed by atoms with van der Waals surface area (Å²) < 4.78 is 17.8. The highest BCUT2D eigenvalue weighted by atomic mass is 32.2. The minimum atomic E-state index is -0.814. The first-order valence-electron chi connectivity index (χ1n) is 12.3. The second-order valence-corrected chi connectivity index (χ2v) is 9.87. The van der Waals surface area contributed by atoms with E-state index in [4.69, 9.17) is 19.3 Å². The second kappa shape index (κ2) is 13.8. The molecule has 0 saturated carbocycles. The highest BCUT2D eigenvalue weighted by molar-refractivity contribution is 7.98. The molecule has 3 aromatic rings. The maximum absolute atomic E-state index is 10.7. The Hall–Kier alpha value is -3.12. The third kappa shape index (κ3) is 8.23. The number of carbonyl (C=O) groups is 1. The van der Waals surface area contributed by atoms with E-state index in [1.54, 1.807) is 0 Å². The Labute approximate surface area is 218 Å². The molecule has 0 aromatic heterocycles. The van der Waals surface area contributed by atoms with Gasteiger partial charge >= 0.3 is 5.97 Å². The summed E-state index contributed by atoms with van der Waals surface area (Å²) in [4.78, 5) is 10.7. The van der Waals surface area contributed by atoms with Crippen molar-refractivity contribution in [3.63, 3.8) is 0 Å². The van der Waals surface area contributed by atoms with Gasteiger partial charge in [-0.3, -0.25) is 4.79 Å². The van der Waals surface area contributed by atoms with Crippen LogP contribution < -0.4 is 14.2 Å². The van der Waals surface area contributed by atoms with E-state index >= 15 is 0 Å². The third-order valence-electron chi connectivity index (χ3n) is 5.84. The van der Waals surface area contributed by atoms with Gasteiger partial charge in [-0.1, -0.05) is 24.3 Å². The molecule has 3 aromatic carbocycles. The number of rotatable bonds is 14. The van der Waals surface area contributed by atoms with Crippen LogP contribution in [0.3, 0.4) is 0 Å². The fraction of sp³-hybridized carbons (Fsp3) is 0.367. The fourth-order valence-corrected chi connectivity index (χ4v) is 4.48. The number of hydrogen-bond donors (Lipinski definition) is 1. The van der Waals surface area contributed by atoms with Gasteiger partial charge in [0.15, 0.2) is 0 Å². The van der Waals surface area contributed by atoms with Crippen LogP contribution in [0.25, 0.3) is 11.1 Å². The highest BCUT2D eigenvalue weighted by Crippen LogP contribution is 2.32. The molecule has 5 nitrogen and oxygen atoms in total. The molecule has 3 rings (SSSR count). The number of carboxylic acids is 1. The Morgan fingerprint density at radius 1 is 0.833 bits per heavy atom. The van der Waals surface area contributed by atoms with Gasteiger partial charge in [-0.05, 0) is 103 Å². The molecule has 0 fully saturated rings. The van der Waals surface area contributed by atoms with Crippen molar-refractivity contribution in [1.82, 2.24) is 0 Å². The molecule has 0 aliphatic carbocycles. The Morgan fingerprint density at radius 2 is 1.58 bits per heavy atom. The van der Waals surface area contributed by atoms with E-state index in [0.29, 0.717) is 25.4 Å². The average Bonchev–Trinajstić information content (AvgIpc) is 2.84. The number of ether oxygens (including phenoxy) is 3. The number of hydrogen-bond acceptors (Lipinski definition) is 5. The Morgan fingerprint density at radius 3 is 2.31 bits per heavy atom.